The van der Waals surface area contributed by atoms with Crippen LogP contribution in [0.5, 0.6) is 0 Å². The highest BCUT2D eigenvalue weighted by atomic mass is 79.9. The molecule has 0 spiro atoms. The molecule has 1 rings (SSSR count). The van der Waals surface area contributed by atoms with Crippen molar-refractivity contribution in [3.63, 3.8) is 0 Å². The van der Waals surface area contributed by atoms with Gasteiger partial charge in [0.25, 0.3) is 0 Å². The van der Waals surface area contributed by atoms with Crippen LogP contribution in [0.2, 0.25) is 10.0 Å². The maximum atomic E-state index is 5.87. The van der Waals surface area contributed by atoms with Crippen molar-refractivity contribution in [2.75, 3.05) is 5.88 Å². The molecule has 0 fully saturated rings. The third-order valence-corrected chi connectivity index (χ3v) is 3.56. The average molecular weight is 316 g/mol. The first kappa shape index (κ1) is 12.1. The van der Waals surface area contributed by atoms with Gasteiger partial charge in [0, 0.05) is 0 Å². The van der Waals surface area contributed by atoms with Crippen molar-refractivity contribution < 1.29 is 0 Å². The molecule has 1 aromatic rings. The SMILES string of the molecule is NC(CCl)=Nc1cc(Cl)c(Br)c(Cl)c1. The van der Waals surface area contributed by atoms with E-state index in [0.717, 1.165) is 0 Å². The van der Waals surface area contributed by atoms with Crippen molar-refractivity contribution in [2.24, 2.45) is 10.7 Å². The van der Waals surface area contributed by atoms with Crippen LogP contribution in [0.15, 0.2) is 21.6 Å². The Morgan fingerprint density at radius 2 is 1.86 bits per heavy atom. The summed E-state index contributed by atoms with van der Waals surface area (Å²) in [5.74, 6) is 0.492. The number of nitrogens with zero attached hydrogens (tertiary/aromatic N) is 1. The zero-order chi connectivity index (χ0) is 10.7. The van der Waals surface area contributed by atoms with Crippen LogP contribution >= 0.6 is 50.7 Å². The third kappa shape index (κ3) is 3.02. The van der Waals surface area contributed by atoms with E-state index < -0.39 is 0 Å². The van der Waals surface area contributed by atoms with Gasteiger partial charge in [-0.3, -0.25) is 0 Å². The highest BCUT2D eigenvalue weighted by molar-refractivity contribution is 9.10. The molecule has 0 heterocycles. The number of nitrogens with two attached hydrogens (primary N) is 1. The quantitative estimate of drug-likeness (QED) is 0.381. The van der Waals surface area contributed by atoms with Gasteiger partial charge >= 0.3 is 0 Å². The number of halogens is 4. The summed E-state index contributed by atoms with van der Waals surface area (Å²) in [5, 5.41) is 0.970. The van der Waals surface area contributed by atoms with Crippen LogP contribution in [-0.2, 0) is 0 Å². The molecule has 0 aliphatic heterocycles. The van der Waals surface area contributed by atoms with Crippen molar-refractivity contribution in [1.29, 1.82) is 0 Å². The molecule has 6 heteroatoms. The lowest BCUT2D eigenvalue weighted by Gasteiger charge is -2.02. The highest BCUT2D eigenvalue weighted by Crippen LogP contribution is 2.34. The Balaban J connectivity index is 3.13. The van der Waals surface area contributed by atoms with Gasteiger partial charge in [0.1, 0.15) is 5.84 Å². The molecular formula is C8H6BrCl3N2. The summed E-state index contributed by atoms with van der Waals surface area (Å²) in [7, 11) is 0. The molecular weight excluding hydrogens is 310 g/mol. The minimum absolute atomic E-state index is 0.172. The topological polar surface area (TPSA) is 38.4 Å². The van der Waals surface area contributed by atoms with E-state index in [9.17, 15) is 0 Å². The summed E-state index contributed by atoms with van der Waals surface area (Å²) in [6, 6.07) is 3.30. The first-order valence-electron chi connectivity index (χ1n) is 3.58. The molecule has 2 N–H and O–H groups in total. The van der Waals surface area contributed by atoms with Gasteiger partial charge in [0.2, 0.25) is 0 Å². The molecule has 0 atom stereocenters. The molecule has 0 aromatic heterocycles. The monoisotopic (exact) mass is 314 g/mol. The Morgan fingerprint density at radius 1 is 1.36 bits per heavy atom. The minimum Gasteiger partial charge on any atom is -0.386 e. The second-order valence-corrected chi connectivity index (χ2v) is 4.33. The van der Waals surface area contributed by atoms with E-state index in [1.54, 1.807) is 12.1 Å². The smallest absolute Gasteiger partial charge is 0.115 e. The molecule has 0 aliphatic rings. The Hall–Kier alpha value is 0.0400. The van der Waals surface area contributed by atoms with E-state index in [0.29, 0.717) is 26.0 Å². The molecule has 14 heavy (non-hydrogen) atoms. The minimum atomic E-state index is 0.172. The van der Waals surface area contributed by atoms with Gasteiger partial charge in [-0.1, -0.05) is 23.2 Å². The molecule has 0 radical (unpaired) electrons. The molecule has 0 saturated carbocycles. The Bertz CT molecular complexity index is 356. The van der Waals surface area contributed by atoms with Gasteiger partial charge in [0.15, 0.2) is 0 Å². The predicted molar refractivity (Wildman–Crippen MR) is 66.2 cm³/mol. The van der Waals surface area contributed by atoms with Crippen molar-refractivity contribution in [3.8, 4) is 0 Å². The van der Waals surface area contributed by atoms with Gasteiger partial charge in [-0.25, -0.2) is 4.99 Å². The van der Waals surface area contributed by atoms with Crippen LogP contribution in [0, 0.1) is 0 Å². The summed E-state index contributed by atoms with van der Waals surface area (Å²) < 4.78 is 0.643. The Labute approximate surface area is 105 Å². The van der Waals surface area contributed by atoms with Crippen LogP contribution in [0.3, 0.4) is 0 Å². The van der Waals surface area contributed by atoms with Crippen molar-refractivity contribution in [1.82, 2.24) is 0 Å². The van der Waals surface area contributed by atoms with E-state index in [2.05, 4.69) is 20.9 Å². The van der Waals surface area contributed by atoms with Gasteiger partial charge in [-0.05, 0) is 28.1 Å². The van der Waals surface area contributed by atoms with Crippen LogP contribution in [0.1, 0.15) is 0 Å². The summed E-state index contributed by atoms with van der Waals surface area (Å²) in [6.45, 7) is 0. The first-order chi connectivity index (χ1) is 6.54. The molecule has 0 bridgehead atoms. The lowest BCUT2D eigenvalue weighted by Crippen LogP contribution is -2.12. The summed E-state index contributed by atoms with van der Waals surface area (Å²) in [4.78, 5) is 4.01. The number of benzene rings is 1. The Morgan fingerprint density at radius 3 is 2.29 bits per heavy atom. The second-order valence-electron chi connectivity index (χ2n) is 2.46. The molecule has 0 saturated heterocycles. The van der Waals surface area contributed by atoms with E-state index in [1.165, 1.54) is 0 Å². The predicted octanol–water partition coefficient (Wildman–Crippen LogP) is 3.98. The number of rotatable bonds is 2. The van der Waals surface area contributed by atoms with Crippen LogP contribution < -0.4 is 5.73 Å². The standard InChI is InChI=1S/C8H6BrCl3N2/c9-8-5(11)1-4(2-6(8)12)14-7(13)3-10/h1-2H,3H2,(H2,13,14). The number of hydrogen-bond donors (Lipinski definition) is 1. The van der Waals surface area contributed by atoms with E-state index in [-0.39, 0.29) is 5.88 Å². The van der Waals surface area contributed by atoms with E-state index in [4.69, 9.17) is 40.5 Å². The molecule has 76 valence electrons. The van der Waals surface area contributed by atoms with Gasteiger partial charge in [-0.2, -0.15) is 0 Å². The van der Waals surface area contributed by atoms with Crippen LogP contribution in [-0.4, -0.2) is 11.7 Å². The lowest BCUT2D eigenvalue weighted by atomic mass is 10.3. The maximum absolute atomic E-state index is 5.87. The lowest BCUT2D eigenvalue weighted by molar-refractivity contribution is 1.44. The fourth-order valence-electron chi connectivity index (χ4n) is 0.802. The highest BCUT2D eigenvalue weighted by Gasteiger charge is 2.04. The molecule has 0 aliphatic carbocycles. The normalized spacial score (nSPS) is 11.9. The summed E-state index contributed by atoms with van der Waals surface area (Å²) in [5.41, 5.74) is 6.05. The Kier molecular flexibility index (Phi) is 4.51. The second kappa shape index (κ2) is 5.21. The van der Waals surface area contributed by atoms with Gasteiger partial charge in [0.05, 0.1) is 26.1 Å². The summed E-state index contributed by atoms with van der Waals surface area (Å²) >= 11 is 20.5. The van der Waals surface area contributed by atoms with Crippen molar-refractivity contribution >= 4 is 62.3 Å². The van der Waals surface area contributed by atoms with Crippen molar-refractivity contribution in [3.05, 3.63) is 26.7 Å². The average Bonchev–Trinajstić information content (AvgIpc) is 2.14. The number of alkyl halides is 1. The largest absolute Gasteiger partial charge is 0.386 e. The summed E-state index contributed by atoms with van der Waals surface area (Å²) in [6.07, 6.45) is 0. The fourth-order valence-corrected chi connectivity index (χ4v) is 1.57. The number of amidine groups is 1. The third-order valence-electron chi connectivity index (χ3n) is 1.38. The zero-order valence-electron chi connectivity index (χ0n) is 6.90. The zero-order valence-corrected chi connectivity index (χ0v) is 10.8. The van der Waals surface area contributed by atoms with E-state index in [1.807, 2.05) is 0 Å². The maximum Gasteiger partial charge on any atom is 0.115 e. The fraction of sp³-hybridized carbons (Fsp3) is 0.125. The number of hydrogen-bond acceptors (Lipinski definition) is 1. The number of aliphatic imine (C=N–C) groups is 1. The first-order valence-corrected chi connectivity index (χ1v) is 5.66. The molecule has 2 nitrogen and oxygen atoms in total. The molecule has 0 unspecified atom stereocenters. The van der Waals surface area contributed by atoms with Crippen LogP contribution in [0.25, 0.3) is 0 Å². The van der Waals surface area contributed by atoms with Crippen LogP contribution in [0.4, 0.5) is 5.69 Å². The van der Waals surface area contributed by atoms with Crippen molar-refractivity contribution in [2.45, 2.75) is 0 Å². The molecule has 1 aromatic carbocycles. The van der Waals surface area contributed by atoms with Gasteiger partial charge < -0.3 is 5.73 Å². The van der Waals surface area contributed by atoms with E-state index >= 15 is 0 Å². The van der Waals surface area contributed by atoms with Gasteiger partial charge in [-0.15, -0.1) is 11.6 Å². The molecule has 0 amide bonds.